The number of hydrogen-bond acceptors (Lipinski definition) is 3. The van der Waals surface area contributed by atoms with E-state index >= 15 is 0 Å². The number of thiophene rings is 1. The van der Waals surface area contributed by atoms with Gasteiger partial charge in [0.2, 0.25) is 0 Å². The molecule has 1 fully saturated rings. The third-order valence-electron chi connectivity index (χ3n) is 3.47. The van der Waals surface area contributed by atoms with E-state index in [0.717, 1.165) is 25.4 Å². The standard InChI is InChI=1S/C13H22N2S/c14-8-4-9-15-13(11-5-1-2-6-11)12-7-3-10-16-12/h3,7,10-11,13,15H,1-2,4-6,8-9,14H2. The zero-order valence-corrected chi connectivity index (χ0v) is 10.6. The normalized spacial score (nSPS) is 19.1. The van der Waals surface area contributed by atoms with Crippen molar-refractivity contribution in [1.82, 2.24) is 5.32 Å². The first-order chi connectivity index (χ1) is 7.92. The van der Waals surface area contributed by atoms with Crippen LogP contribution in [0.5, 0.6) is 0 Å². The van der Waals surface area contributed by atoms with Crippen LogP contribution < -0.4 is 11.1 Å². The van der Waals surface area contributed by atoms with Crippen LogP contribution in [0.15, 0.2) is 17.5 Å². The highest BCUT2D eigenvalue weighted by Gasteiger charge is 2.26. The molecule has 1 aliphatic rings. The highest BCUT2D eigenvalue weighted by atomic mass is 32.1. The van der Waals surface area contributed by atoms with Crippen LogP contribution in [0.4, 0.5) is 0 Å². The molecule has 1 aliphatic carbocycles. The molecule has 16 heavy (non-hydrogen) atoms. The number of rotatable bonds is 6. The van der Waals surface area contributed by atoms with E-state index in [2.05, 4.69) is 22.8 Å². The van der Waals surface area contributed by atoms with Gasteiger partial charge in [-0.2, -0.15) is 0 Å². The minimum absolute atomic E-state index is 0.578. The van der Waals surface area contributed by atoms with Crippen LogP contribution in [-0.4, -0.2) is 13.1 Å². The minimum atomic E-state index is 0.578. The van der Waals surface area contributed by atoms with E-state index in [9.17, 15) is 0 Å². The predicted octanol–water partition coefficient (Wildman–Crippen LogP) is 2.92. The van der Waals surface area contributed by atoms with Gasteiger partial charge in [0.15, 0.2) is 0 Å². The van der Waals surface area contributed by atoms with E-state index in [4.69, 9.17) is 5.73 Å². The molecule has 0 aliphatic heterocycles. The molecule has 90 valence electrons. The van der Waals surface area contributed by atoms with Gasteiger partial charge in [0.1, 0.15) is 0 Å². The summed E-state index contributed by atoms with van der Waals surface area (Å²) in [5, 5.41) is 5.88. The van der Waals surface area contributed by atoms with Crippen molar-refractivity contribution in [1.29, 1.82) is 0 Å². The first-order valence-corrected chi connectivity index (χ1v) is 7.26. The van der Waals surface area contributed by atoms with Gasteiger partial charge in [-0.1, -0.05) is 18.9 Å². The maximum Gasteiger partial charge on any atom is 0.0443 e. The molecule has 1 heterocycles. The van der Waals surface area contributed by atoms with E-state index in [1.165, 1.54) is 30.6 Å². The number of nitrogens with one attached hydrogen (secondary N) is 1. The summed E-state index contributed by atoms with van der Waals surface area (Å²) in [6, 6.07) is 5.00. The molecular formula is C13H22N2S. The molecule has 0 saturated heterocycles. The molecule has 3 N–H and O–H groups in total. The largest absolute Gasteiger partial charge is 0.330 e. The SMILES string of the molecule is NCCCNC(c1cccs1)C1CCCC1. The quantitative estimate of drug-likeness (QED) is 0.748. The van der Waals surface area contributed by atoms with E-state index in [-0.39, 0.29) is 0 Å². The molecule has 0 amide bonds. The molecule has 2 rings (SSSR count). The molecule has 3 heteroatoms. The summed E-state index contributed by atoms with van der Waals surface area (Å²) < 4.78 is 0. The highest BCUT2D eigenvalue weighted by molar-refractivity contribution is 7.10. The Morgan fingerprint density at radius 3 is 2.88 bits per heavy atom. The Bertz CT molecular complexity index is 278. The molecule has 1 unspecified atom stereocenters. The van der Waals surface area contributed by atoms with Gasteiger partial charge < -0.3 is 11.1 Å². The van der Waals surface area contributed by atoms with E-state index in [1.54, 1.807) is 0 Å². The van der Waals surface area contributed by atoms with Crippen molar-refractivity contribution >= 4 is 11.3 Å². The van der Waals surface area contributed by atoms with Gasteiger partial charge in [-0.05, 0) is 49.7 Å². The first-order valence-electron chi connectivity index (χ1n) is 6.38. The van der Waals surface area contributed by atoms with Crippen LogP contribution in [0.1, 0.15) is 43.0 Å². The van der Waals surface area contributed by atoms with Crippen molar-refractivity contribution in [2.75, 3.05) is 13.1 Å². The maximum absolute atomic E-state index is 5.55. The van der Waals surface area contributed by atoms with Gasteiger partial charge in [-0.15, -0.1) is 11.3 Å². The zero-order chi connectivity index (χ0) is 11.2. The second-order valence-corrected chi connectivity index (χ2v) is 5.61. The lowest BCUT2D eigenvalue weighted by Gasteiger charge is -2.23. The molecule has 1 aromatic heterocycles. The van der Waals surface area contributed by atoms with Crippen molar-refractivity contribution in [3.05, 3.63) is 22.4 Å². The average molecular weight is 238 g/mol. The second kappa shape index (κ2) is 6.38. The lowest BCUT2D eigenvalue weighted by atomic mass is 9.96. The lowest BCUT2D eigenvalue weighted by Crippen LogP contribution is -2.28. The summed E-state index contributed by atoms with van der Waals surface area (Å²) in [5.74, 6) is 0.844. The fraction of sp³-hybridized carbons (Fsp3) is 0.692. The Kier molecular flexibility index (Phi) is 4.82. The maximum atomic E-state index is 5.55. The lowest BCUT2D eigenvalue weighted by molar-refractivity contribution is 0.372. The van der Waals surface area contributed by atoms with Gasteiger partial charge >= 0.3 is 0 Å². The van der Waals surface area contributed by atoms with Gasteiger partial charge in [0, 0.05) is 10.9 Å². The summed E-state index contributed by atoms with van der Waals surface area (Å²) in [6.45, 7) is 1.84. The second-order valence-electron chi connectivity index (χ2n) is 4.63. The molecule has 0 bridgehead atoms. The van der Waals surface area contributed by atoms with E-state index < -0.39 is 0 Å². The molecule has 1 aromatic rings. The van der Waals surface area contributed by atoms with Crippen molar-refractivity contribution < 1.29 is 0 Å². The molecule has 1 saturated carbocycles. The third kappa shape index (κ3) is 3.06. The van der Waals surface area contributed by atoms with Crippen molar-refractivity contribution in [2.45, 2.75) is 38.1 Å². The molecule has 2 nitrogen and oxygen atoms in total. The van der Waals surface area contributed by atoms with Crippen LogP contribution >= 0.6 is 11.3 Å². The summed E-state index contributed by atoms with van der Waals surface area (Å²) >= 11 is 1.88. The molecule has 0 spiro atoms. The van der Waals surface area contributed by atoms with E-state index in [1.807, 2.05) is 11.3 Å². The molecule has 0 aromatic carbocycles. The average Bonchev–Trinajstić information content (AvgIpc) is 2.97. The van der Waals surface area contributed by atoms with Gasteiger partial charge in [0.05, 0.1) is 0 Å². The fourth-order valence-electron chi connectivity index (χ4n) is 2.62. The van der Waals surface area contributed by atoms with Crippen LogP contribution in [0.25, 0.3) is 0 Å². The van der Waals surface area contributed by atoms with Crippen LogP contribution in [0.3, 0.4) is 0 Å². The molecule has 0 radical (unpaired) electrons. The van der Waals surface area contributed by atoms with Crippen molar-refractivity contribution in [3.63, 3.8) is 0 Å². The summed E-state index contributed by atoms with van der Waals surface area (Å²) in [5.41, 5.74) is 5.55. The molecule has 1 atom stereocenters. The van der Waals surface area contributed by atoms with Gasteiger partial charge in [-0.25, -0.2) is 0 Å². The summed E-state index contributed by atoms with van der Waals surface area (Å²) in [7, 11) is 0. The Morgan fingerprint density at radius 1 is 1.44 bits per heavy atom. The molecular weight excluding hydrogens is 216 g/mol. The Hall–Kier alpha value is -0.380. The monoisotopic (exact) mass is 238 g/mol. The topological polar surface area (TPSA) is 38.0 Å². The van der Waals surface area contributed by atoms with Gasteiger partial charge in [0.25, 0.3) is 0 Å². The van der Waals surface area contributed by atoms with Gasteiger partial charge in [-0.3, -0.25) is 0 Å². The predicted molar refractivity (Wildman–Crippen MR) is 70.7 cm³/mol. The third-order valence-corrected chi connectivity index (χ3v) is 4.42. The number of nitrogens with two attached hydrogens (primary N) is 1. The summed E-state index contributed by atoms with van der Waals surface area (Å²) in [6.07, 6.45) is 6.67. The van der Waals surface area contributed by atoms with Crippen LogP contribution in [0, 0.1) is 5.92 Å². The Morgan fingerprint density at radius 2 is 2.25 bits per heavy atom. The van der Waals surface area contributed by atoms with E-state index in [0.29, 0.717) is 6.04 Å². The van der Waals surface area contributed by atoms with Crippen molar-refractivity contribution in [2.24, 2.45) is 11.7 Å². The Labute approximate surface area is 102 Å². The minimum Gasteiger partial charge on any atom is -0.330 e. The number of hydrogen-bond donors (Lipinski definition) is 2. The Balaban J connectivity index is 1.95. The van der Waals surface area contributed by atoms with Crippen molar-refractivity contribution in [3.8, 4) is 0 Å². The first kappa shape index (κ1) is 12.1. The smallest absolute Gasteiger partial charge is 0.0443 e. The highest BCUT2D eigenvalue weighted by Crippen LogP contribution is 2.37. The van der Waals surface area contributed by atoms with Crippen LogP contribution in [0.2, 0.25) is 0 Å². The van der Waals surface area contributed by atoms with Crippen LogP contribution in [-0.2, 0) is 0 Å². The fourth-order valence-corrected chi connectivity index (χ4v) is 3.51. The summed E-state index contributed by atoms with van der Waals surface area (Å²) in [4.78, 5) is 1.50. The zero-order valence-electron chi connectivity index (χ0n) is 9.82.